The summed E-state index contributed by atoms with van der Waals surface area (Å²) in [5.41, 5.74) is 2.02. The van der Waals surface area contributed by atoms with Gasteiger partial charge in [-0.05, 0) is 41.1 Å². The number of hydrogen-bond acceptors (Lipinski definition) is 2. The van der Waals surface area contributed by atoms with Crippen LogP contribution in [0, 0.1) is 0 Å². The molecule has 3 aromatic carbocycles. The monoisotopic (exact) mass is 274 g/mol. The van der Waals surface area contributed by atoms with Crippen LogP contribution in [0.3, 0.4) is 0 Å². The minimum atomic E-state index is 0.848. The van der Waals surface area contributed by atoms with Crippen molar-refractivity contribution in [1.82, 2.24) is 9.78 Å². The molecule has 21 heavy (non-hydrogen) atoms. The standard InChI is InChI=1S/C18H14N2O/c1-21-17-8-9-18-15(11-17)12-20(19-18)16-7-6-13-4-2-3-5-14(13)10-16/h2-12H,1H3. The third-order valence-electron chi connectivity index (χ3n) is 3.71. The highest BCUT2D eigenvalue weighted by molar-refractivity contribution is 5.85. The predicted octanol–water partition coefficient (Wildman–Crippen LogP) is 4.19. The van der Waals surface area contributed by atoms with Crippen LogP contribution in [0.5, 0.6) is 5.75 Å². The molecule has 0 unspecified atom stereocenters. The molecule has 0 saturated heterocycles. The molecule has 3 nitrogen and oxygen atoms in total. The van der Waals surface area contributed by atoms with Crippen LogP contribution in [0.15, 0.2) is 66.9 Å². The predicted molar refractivity (Wildman–Crippen MR) is 85.1 cm³/mol. The average molecular weight is 274 g/mol. The molecular formula is C18H14N2O. The molecular weight excluding hydrogens is 260 g/mol. The van der Waals surface area contributed by atoms with E-state index in [-0.39, 0.29) is 0 Å². The molecule has 0 aliphatic rings. The topological polar surface area (TPSA) is 27.1 Å². The number of rotatable bonds is 2. The largest absolute Gasteiger partial charge is 0.497 e. The fourth-order valence-corrected chi connectivity index (χ4v) is 2.58. The van der Waals surface area contributed by atoms with E-state index in [9.17, 15) is 0 Å². The van der Waals surface area contributed by atoms with E-state index in [1.807, 2.05) is 29.1 Å². The molecule has 3 heteroatoms. The summed E-state index contributed by atoms with van der Waals surface area (Å²) in [4.78, 5) is 0. The first-order valence-corrected chi connectivity index (χ1v) is 6.86. The van der Waals surface area contributed by atoms with E-state index in [1.165, 1.54) is 10.8 Å². The molecule has 0 N–H and O–H groups in total. The first-order chi connectivity index (χ1) is 10.3. The van der Waals surface area contributed by atoms with Crippen LogP contribution >= 0.6 is 0 Å². The summed E-state index contributed by atoms with van der Waals surface area (Å²) in [6, 6.07) is 20.6. The molecule has 0 spiro atoms. The van der Waals surface area contributed by atoms with Crippen molar-refractivity contribution in [2.45, 2.75) is 0 Å². The van der Waals surface area contributed by atoms with E-state index in [2.05, 4.69) is 47.6 Å². The number of ether oxygens (including phenoxy) is 1. The van der Waals surface area contributed by atoms with Gasteiger partial charge in [0.25, 0.3) is 0 Å². The summed E-state index contributed by atoms with van der Waals surface area (Å²) in [7, 11) is 1.68. The quantitative estimate of drug-likeness (QED) is 0.548. The lowest BCUT2D eigenvalue weighted by Crippen LogP contribution is -1.93. The average Bonchev–Trinajstić information content (AvgIpc) is 2.97. The zero-order chi connectivity index (χ0) is 14.2. The van der Waals surface area contributed by atoms with Crippen molar-refractivity contribution in [3.05, 3.63) is 66.9 Å². The number of fused-ring (bicyclic) bond motifs is 2. The van der Waals surface area contributed by atoms with Crippen molar-refractivity contribution < 1.29 is 4.74 Å². The summed E-state index contributed by atoms with van der Waals surface area (Å²) >= 11 is 0. The van der Waals surface area contributed by atoms with E-state index >= 15 is 0 Å². The Morgan fingerprint density at radius 3 is 2.57 bits per heavy atom. The van der Waals surface area contributed by atoms with E-state index in [4.69, 9.17) is 4.74 Å². The minimum Gasteiger partial charge on any atom is -0.497 e. The highest BCUT2D eigenvalue weighted by atomic mass is 16.5. The molecule has 0 radical (unpaired) electrons. The first-order valence-electron chi connectivity index (χ1n) is 6.86. The van der Waals surface area contributed by atoms with Gasteiger partial charge in [0.1, 0.15) is 5.75 Å². The van der Waals surface area contributed by atoms with Gasteiger partial charge in [0.05, 0.1) is 18.3 Å². The van der Waals surface area contributed by atoms with Crippen molar-refractivity contribution in [2.24, 2.45) is 0 Å². The molecule has 1 aromatic heterocycles. The summed E-state index contributed by atoms with van der Waals surface area (Å²) in [6.45, 7) is 0. The minimum absolute atomic E-state index is 0.848. The van der Waals surface area contributed by atoms with Gasteiger partial charge in [0.15, 0.2) is 0 Å². The van der Waals surface area contributed by atoms with Gasteiger partial charge in [0, 0.05) is 11.6 Å². The molecule has 0 fully saturated rings. The molecule has 0 saturated carbocycles. The molecule has 1 heterocycles. The number of aromatic nitrogens is 2. The number of methoxy groups -OCH3 is 1. The van der Waals surface area contributed by atoms with Gasteiger partial charge < -0.3 is 4.74 Å². The van der Waals surface area contributed by atoms with Gasteiger partial charge in [-0.15, -0.1) is 0 Å². The maximum absolute atomic E-state index is 5.26. The highest BCUT2D eigenvalue weighted by Gasteiger charge is 2.04. The second kappa shape index (κ2) is 4.63. The van der Waals surface area contributed by atoms with Gasteiger partial charge in [0.2, 0.25) is 0 Å². The van der Waals surface area contributed by atoms with Gasteiger partial charge in [-0.1, -0.05) is 30.3 Å². The molecule has 0 aliphatic carbocycles. The maximum atomic E-state index is 5.26. The van der Waals surface area contributed by atoms with Crippen molar-refractivity contribution in [2.75, 3.05) is 7.11 Å². The Labute approximate surface area is 122 Å². The van der Waals surface area contributed by atoms with Gasteiger partial charge in [-0.2, -0.15) is 5.10 Å². The number of benzene rings is 3. The molecule has 4 rings (SSSR count). The summed E-state index contributed by atoms with van der Waals surface area (Å²) in [6.07, 6.45) is 2.03. The van der Waals surface area contributed by atoms with Gasteiger partial charge >= 0.3 is 0 Å². The number of nitrogens with zero attached hydrogens (tertiary/aromatic N) is 2. The SMILES string of the molecule is COc1ccc2nn(-c3ccc4ccccc4c3)cc2c1. The fraction of sp³-hybridized carbons (Fsp3) is 0.0556. The first kappa shape index (κ1) is 12.0. The van der Waals surface area contributed by atoms with Gasteiger partial charge in [-0.25, -0.2) is 4.68 Å². The van der Waals surface area contributed by atoms with Crippen LogP contribution in [-0.4, -0.2) is 16.9 Å². The Bertz CT molecular complexity index is 940. The number of hydrogen-bond donors (Lipinski definition) is 0. The second-order valence-electron chi connectivity index (χ2n) is 5.03. The lowest BCUT2D eigenvalue weighted by atomic mass is 10.1. The molecule has 0 amide bonds. The second-order valence-corrected chi connectivity index (χ2v) is 5.03. The Morgan fingerprint density at radius 1 is 0.857 bits per heavy atom. The maximum Gasteiger partial charge on any atom is 0.119 e. The van der Waals surface area contributed by atoms with Crippen LogP contribution in [-0.2, 0) is 0 Å². The van der Waals surface area contributed by atoms with Crippen LogP contribution < -0.4 is 4.74 Å². The molecule has 0 aliphatic heterocycles. The van der Waals surface area contributed by atoms with E-state index in [0.717, 1.165) is 22.3 Å². The molecule has 102 valence electrons. The lowest BCUT2D eigenvalue weighted by Gasteiger charge is -2.03. The zero-order valence-corrected chi connectivity index (χ0v) is 11.7. The molecule has 0 bridgehead atoms. The van der Waals surface area contributed by atoms with E-state index < -0.39 is 0 Å². The van der Waals surface area contributed by atoms with E-state index in [0.29, 0.717) is 0 Å². The fourth-order valence-electron chi connectivity index (χ4n) is 2.58. The molecule has 4 aromatic rings. The van der Waals surface area contributed by atoms with Crippen LogP contribution in [0.1, 0.15) is 0 Å². The zero-order valence-electron chi connectivity index (χ0n) is 11.7. The third kappa shape index (κ3) is 2.03. The Balaban J connectivity index is 1.87. The summed E-state index contributed by atoms with van der Waals surface area (Å²) in [5.74, 6) is 0.848. The van der Waals surface area contributed by atoms with Crippen molar-refractivity contribution >= 4 is 21.7 Å². The van der Waals surface area contributed by atoms with Crippen molar-refractivity contribution in [3.63, 3.8) is 0 Å². The normalized spacial score (nSPS) is 11.1. The highest BCUT2D eigenvalue weighted by Crippen LogP contribution is 2.23. The van der Waals surface area contributed by atoms with Crippen molar-refractivity contribution in [1.29, 1.82) is 0 Å². The third-order valence-corrected chi connectivity index (χ3v) is 3.71. The van der Waals surface area contributed by atoms with Gasteiger partial charge in [-0.3, -0.25) is 0 Å². The van der Waals surface area contributed by atoms with Crippen LogP contribution in [0.4, 0.5) is 0 Å². The van der Waals surface area contributed by atoms with Crippen LogP contribution in [0.2, 0.25) is 0 Å². The Morgan fingerprint density at radius 2 is 1.71 bits per heavy atom. The van der Waals surface area contributed by atoms with Crippen LogP contribution in [0.25, 0.3) is 27.4 Å². The van der Waals surface area contributed by atoms with E-state index in [1.54, 1.807) is 7.11 Å². The Hall–Kier alpha value is -2.81. The smallest absolute Gasteiger partial charge is 0.119 e. The van der Waals surface area contributed by atoms with Crippen molar-refractivity contribution in [3.8, 4) is 11.4 Å². The summed E-state index contributed by atoms with van der Waals surface area (Å²) < 4.78 is 7.17. The molecule has 0 atom stereocenters. The summed E-state index contributed by atoms with van der Waals surface area (Å²) in [5, 5.41) is 8.15. The Kier molecular flexibility index (Phi) is 2.64. The lowest BCUT2D eigenvalue weighted by molar-refractivity contribution is 0.415.